The van der Waals surface area contributed by atoms with Gasteiger partial charge in [0.25, 0.3) is 11.8 Å². The van der Waals surface area contributed by atoms with Gasteiger partial charge < -0.3 is 14.6 Å². The number of benzene rings is 2. The first-order valence-electron chi connectivity index (χ1n) is 8.31. The van der Waals surface area contributed by atoms with E-state index in [0.29, 0.717) is 16.9 Å². The molecule has 0 saturated carbocycles. The van der Waals surface area contributed by atoms with Gasteiger partial charge in [-0.3, -0.25) is 19.8 Å². The lowest BCUT2D eigenvalue weighted by atomic mass is 10.1. The van der Waals surface area contributed by atoms with Crippen LogP contribution in [0.5, 0.6) is 17.2 Å². The molecule has 0 spiro atoms. The van der Waals surface area contributed by atoms with Crippen molar-refractivity contribution in [2.45, 2.75) is 6.54 Å². The molecule has 1 heterocycles. The van der Waals surface area contributed by atoms with E-state index in [-0.39, 0.29) is 23.6 Å². The summed E-state index contributed by atoms with van der Waals surface area (Å²) < 4.78 is 10.1. The van der Waals surface area contributed by atoms with Crippen LogP contribution < -0.4 is 14.8 Å². The average molecular weight is 382 g/mol. The van der Waals surface area contributed by atoms with Gasteiger partial charge in [0.05, 0.1) is 20.8 Å². The highest BCUT2D eigenvalue weighted by Gasteiger charge is 2.35. The number of carbonyl (C=O) groups is 3. The second-order valence-corrected chi connectivity index (χ2v) is 5.99. The number of hydrogen-bond acceptors (Lipinski definition) is 6. The maximum Gasteiger partial charge on any atom is 0.331 e. The summed E-state index contributed by atoms with van der Waals surface area (Å²) in [5, 5.41) is 11.8. The molecule has 1 aliphatic heterocycles. The normalized spacial score (nSPS) is 15.6. The Balaban J connectivity index is 1.88. The first kappa shape index (κ1) is 19.0. The van der Waals surface area contributed by atoms with Crippen LogP contribution in [0.3, 0.4) is 0 Å². The van der Waals surface area contributed by atoms with Crippen molar-refractivity contribution >= 4 is 23.9 Å². The summed E-state index contributed by atoms with van der Waals surface area (Å²) >= 11 is 0. The topological polar surface area (TPSA) is 105 Å². The molecule has 8 heteroatoms. The molecular weight excluding hydrogens is 364 g/mol. The highest BCUT2D eigenvalue weighted by Crippen LogP contribution is 2.28. The molecule has 144 valence electrons. The van der Waals surface area contributed by atoms with Crippen LogP contribution >= 0.6 is 0 Å². The van der Waals surface area contributed by atoms with E-state index in [1.165, 1.54) is 38.5 Å². The van der Waals surface area contributed by atoms with E-state index in [4.69, 9.17) is 9.47 Å². The third-order valence-electron chi connectivity index (χ3n) is 4.20. The van der Waals surface area contributed by atoms with Gasteiger partial charge >= 0.3 is 6.03 Å². The molecule has 0 radical (unpaired) electrons. The third-order valence-corrected chi connectivity index (χ3v) is 4.20. The van der Waals surface area contributed by atoms with Crippen LogP contribution in [-0.4, -0.2) is 42.1 Å². The number of barbiturate groups is 1. The summed E-state index contributed by atoms with van der Waals surface area (Å²) in [5.41, 5.74) is 0.969. The van der Waals surface area contributed by atoms with E-state index in [9.17, 15) is 19.5 Å². The van der Waals surface area contributed by atoms with Gasteiger partial charge in [-0.2, -0.15) is 0 Å². The number of amides is 4. The number of urea groups is 1. The van der Waals surface area contributed by atoms with E-state index in [1.807, 2.05) is 0 Å². The third kappa shape index (κ3) is 3.80. The molecule has 1 aliphatic rings. The molecule has 8 nitrogen and oxygen atoms in total. The SMILES string of the molecule is COc1ccc(CN2C(=O)NC(=O)/C(=C/c3ccc(O)c(OC)c3)C2=O)cc1. The van der Waals surface area contributed by atoms with Crippen LogP contribution in [0.1, 0.15) is 11.1 Å². The number of nitrogens with zero attached hydrogens (tertiary/aromatic N) is 1. The van der Waals surface area contributed by atoms with Crippen molar-refractivity contribution in [3.8, 4) is 17.2 Å². The zero-order valence-electron chi connectivity index (χ0n) is 15.3. The quantitative estimate of drug-likeness (QED) is 0.606. The van der Waals surface area contributed by atoms with Crippen molar-refractivity contribution in [1.29, 1.82) is 0 Å². The maximum atomic E-state index is 12.8. The second kappa shape index (κ2) is 7.83. The number of aromatic hydroxyl groups is 1. The van der Waals surface area contributed by atoms with E-state index in [0.717, 1.165) is 4.90 Å². The van der Waals surface area contributed by atoms with Crippen molar-refractivity contribution in [2.75, 3.05) is 14.2 Å². The van der Waals surface area contributed by atoms with Crippen molar-refractivity contribution in [1.82, 2.24) is 10.2 Å². The number of ether oxygens (including phenoxy) is 2. The molecule has 1 saturated heterocycles. The van der Waals surface area contributed by atoms with Gasteiger partial charge in [-0.15, -0.1) is 0 Å². The smallest absolute Gasteiger partial charge is 0.331 e. The number of phenolic OH excluding ortho intramolecular Hbond substituents is 1. The van der Waals surface area contributed by atoms with E-state index < -0.39 is 17.8 Å². The maximum absolute atomic E-state index is 12.8. The van der Waals surface area contributed by atoms with Crippen molar-refractivity contribution < 1.29 is 29.0 Å². The number of hydrogen-bond donors (Lipinski definition) is 2. The molecule has 2 N–H and O–H groups in total. The summed E-state index contributed by atoms with van der Waals surface area (Å²) in [4.78, 5) is 38.1. The molecule has 0 atom stereocenters. The van der Waals surface area contributed by atoms with E-state index in [1.54, 1.807) is 24.3 Å². The number of rotatable bonds is 5. The Hall–Kier alpha value is -3.81. The Kier molecular flexibility index (Phi) is 5.30. The fourth-order valence-corrected chi connectivity index (χ4v) is 2.70. The predicted molar refractivity (Wildman–Crippen MR) is 99.7 cm³/mol. The minimum Gasteiger partial charge on any atom is -0.504 e. The number of imide groups is 2. The Labute approximate surface area is 161 Å². The molecule has 3 rings (SSSR count). The van der Waals surface area contributed by atoms with Gasteiger partial charge in [0.15, 0.2) is 11.5 Å². The minimum atomic E-state index is -0.786. The first-order chi connectivity index (χ1) is 13.4. The summed E-state index contributed by atoms with van der Waals surface area (Å²) in [6, 6.07) is 10.5. The second-order valence-electron chi connectivity index (χ2n) is 5.99. The van der Waals surface area contributed by atoms with Crippen molar-refractivity contribution in [3.05, 3.63) is 59.2 Å². The summed E-state index contributed by atoms with van der Waals surface area (Å²) in [5.74, 6) is -0.718. The summed E-state index contributed by atoms with van der Waals surface area (Å²) in [6.45, 7) is -0.00181. The first-order valence-corrected chi connectivity index (χ1v) is 8.31. The van der Waals surface area contributed by atoms with Gasteiger partial charge in [-0.05, 0) is 41.5 Å². The zero-order chi connectivity index (χ0) is 20.3. The Morgan fingerprint density at radius 1 is 1.04 bits per heavy atom. The molecule has 4 amide bonds. The Morgan fingerprint density at radius 2 is 1.75 bits per heavy atom. The molecule has 2 aromatic rings. The highest BCUT2D eigenvalue weighted by atomic mass is 16.5. The molecule has 28 heavy (non-hydrogen) atoms. The molecule has 0 unspecified atom stereocenters. The van der Waals surface area contributed by atoms with E-state index in [2.05, 4.69) is 5.32 Å². The van der Waals surface area contributed by atoms with Crippen LogP contribution in [0, 0.1) is 0 Å². The van der Waals surface area contributed by atoms with Gasteiger partial charge in [0.2, 0.25) is 0 Å². The van der Waals surface area contributed by atoms with E-state index >= 15 is 0 Å². The lowest BCUT2D eigenvalue weighted by Crippen LogP contribution is -2.53. The zero-order valence-corrected chi connectivity index (χ0v) is 15.3. The van der Waals surface area contributed by atoms with Crippen LogP contribution in [0.4, 0.5) is 4.79 Å². The van der Waals surface area contributed by atoms with Crippen LogP contribution in [-0.2, 0) is 16.1 Å². The number of methoxy groups -OCH3 is 2. The number of carbonyl (C=O) groups excluding carboxylic acids is 3. The molecule has 0 aliphatic carbocycles. The largest absolute Gasteiger partial charge is 0.504 e. The van der Waals surface area contributed by atoms with Crippen LogP contribution in [0.2, 0.25) is 0 Å². The molecular formula is C20H18N2O6. The average Bonchev–Trinajstić information content (AvgIpc) is 2.70. The predicted octanol–water partition coefficient (Wildman–Crippen LogP) is 2.07. The van der Waals surface area contributed by atoms with Crippen LogP contribution in [0.25, 0.3) is 6.08 Å². The highest BCUT2D eigenvalue weighted by molar-refractivity contribution is 6.30. The molecule has 0 aromatic heterocycles. The standard InChI is InChI=1S/C20H18N2O6/c1-27-14-6-3-12(4-7-14)11-22-19(25)15(18(24)21-20(22)26)9-13-5-8-16(23)17(10-13)28-2/h3-10,23H,11H2,1-2H3,(H,21,24,26)/b15-9-. The van der Waals surface area contributed by atoms with Crippen molar-refractivity contribution in [2.24, 2.45) is 0 Å². The number of nitrogens with one attached hydrogen (secondary N) is 1. The Morgan fingerprint density at radius 3 is 2.39 bits per heavy atom. The molecule has 1 fully saturated rings. The fraction of sp³-hybridized carbons (Fsp3) is 0.150. The van der Waals surface area contributed by atoms with Crippen molar-refractivity contribution in [3.63, 3.8) is 0 Å². The summed E-state index contributed by atoms with van der Waals surface area (Å²) in [6.07, 6.45) is 1.34. The lowest BCUT2D eigenvalue weighted by Gasteiger charge is -2.26. The summed E-state index contributed by atoms with van der Waals surface area (Å²) in [7, 11) is 2.93. The van der Waals surface area contributed by atoms with Gasteiger partial charge in [-0.25, -0.2) is 4.79 Å². The number of phenols is 1. The van der Waals surface area contributed by atoms with Gasteiger partial charge in [-0.1, -0.05) is 18.2 Å². The monoisotopic (exact) mass is 382 g/mol. The lowest BCUT2D eigenvalue weighted by molar-refractivity contribution is -0.130. The Bertz CT molecular complexity index is 965. The minimum absolute atomic E-state index is 0.00181. The fourth-order valence-electron chi connectivity index (χ4n) is 2.70. The van der Waals surface area contributed by atoms with Gasteiger partial charge in [0, 0.05) is 0 Å². The molecule has 2 aromatic carbocycles. The van der Waals surface area contributed by atoms with Crippen LogP contribution in [0.15, 0.2) is 48.0 Å². The van der Waals surface area contributed by atoms with Gasteiger partial charge in [0.1, 0.15) is 11.3 Å². The molecule has 0 bridgehead atoms.